The van der Waals surface area contributed by atoms with Gasteiger partial charge >= 0.3 is 5.97 Å². The van der Waals surface area contributed by atoms with Gasteiger partial charge in [-0.05, 0) is 39.0 Å². The largest absolute Gasteiger partial charge is 0.459 e. The SMILES string of the molecule is CC(=O)c1ccc(Br)cc1C(=O)OC(C)C. The van der Waals surface area contributed by atoms with Crippen LogP contribution in [-0.2, 0) is 4.74 Å². The standard InChI is InChI=1S/C12H13BrO3/c1-7(2)16-12(15)11-6-9(13)4-5-10(11)8(3)14/h4-7H,1-3H3. The molecule has 0 radical (unpaired) electrons. The molecule has 0 aliphatic heterocycles. The van der Waals surface area contributed by atoms with Crippen molar-refractivity contribution in [3.8, 4) is 0 Å². The Morgan fingerprint density at radius 3 is 2.38 bits per heavy atom. The quantitative estimate of drug-likeness (QED) is 0.632. The molecule has 0 heterocycles. The minimum atomic E-state index is -0.471. The first-order chi connectivity index (χ1) is 7.41. The van der Waals surface area contributed by atoms with Gasteiger partial charge in [0.25, 0.3) is 0 Å². The first-order valence-electron chi connectivity index (χ1n) is 4.93. The van der Waals surface area contributed by atoms with Crippen molar-refractivity contribution in [2.75, 3.05) is 0 Å². The highest BCUT2D eigenvalue weighted by atomic mass is 79.9. The van der Waals surface area contributed by atoms with Crippen LogP contribution >= 0.6 is 15.9 Å². The van der Waals surface area contributed by atoms with Crippen LogP contribution in [0, 0.1) is 0 Å². The van der Waals surface area contributed by atoms with Gasteiger partial charge < -0.3 is 4.74 Å². The molecular weight excluding hydrogens is 272 g/mol. The number of carbonyl (C=O) groups excluding carboxylic acids is 2. The zero-order valence-electron chi connectivity index (χ0n) is 9.41. The lowest BCUT2D eigenvalue weighted by Crippen LogP contribution is -2.14. The summed E-state index contributed by atoms with van der Waals surface area (Å²) in [4.78, 5) is 23.1. The molecule has 0 spiro atoms. The van der Waals surface area contributed by atoms with Gasteiger partial charge in [0, 0.05) is 10.0 Å². The van der Waals surface area contributed by atoms with Crippen molar-refractivity contribution in [1.29, 1.82) is 0 Å². The molecule has 0 saturated heterocycles. The van der Waals surface area contributed by atoms with Crippen molar-refractivity contribution < 1.29 is 14.3 Å². The lowest BCUT2D eigenvalue weighted by molar-refractivity contribution is 0.0375. The minimum absolute atomic E-state index is 0.150. The molecule has 0 amide bonds. The zero-order chi connectivity index (χ0) is 12.3. The molecule has 0 atom stereocenters. The second kappa shape index (κ2) is 5.25. The van der Waals surface area contributed by atoms with Crippen molar-refractivity contribution in [3.05, 3.63) is 33.8 Å². The van der Waals surface area contributed by atoms with Crippen molar-refractivity contribution in [2.45, 2.75) is 26.9 Å². The summed E-state index contributed by atoms with van der Waals surface area (Å²) in [6, 6.07) is 4.94. The maximum absolute atomic E-state index is 11.7. The molecule has 4 heteroatoms. The molecule has 16 heavy (non-hydrogen) atoms. The lowest BCUT2D eigenvalue weighted by atomic mass is 10.0. The van der Waals surface area contributed by atoms with Gasteiger partial charge in [0.2, 0.25) is 0 Å². The molecule has 1 aromatic carbocycles. The van der Waals surface area contributed by atoms with Crippen molar-refractivity contribution in [1.82, 2.24) is 0 Å². The summed E-state index contributed by atoms with van der Waals surface area (Å²) in [5.41, 5.74) is 0.685. The van der Waals surface area contributed by atoms with Crippen LogP contribution in [0.15, 0.2) is 22.7 Å². The number of halogens is 1. The second-order valence-corrected chi connectivity index (χ2v) is 4.62. The first kappa shape index (κ1) is 12.9. The van der Waals surface area contributed by atoms with E-state index in [0.717, 1.165) is 4.47 Å². The Balaban J connectivity index is 3.14. The van der Waals surface area contributed by atoms with E-state index in [1.54, 1.807) is 32.0 Å². The van der Waals surface area contributed by atoms with E-state index in [9.17, 15) is 9.59 Å². The highest BCUT2D eigenvalue weighted by Crippen LogP contribution is 2.18. The van der Waals surface area contributed by atoms with Crippen LogP contribution in [0.4, 0.5) is 0 Å². The van der Waals surface area contributed by atoms with E-state index in [4.69, 9.17) is 4.74 Å². The maximum Gasteiger partial charge on any atom is 0.339 e. The van der Waals surface area contributed by atoms with Gasteiger partial charge in [0.05, 0.1) is 11.7 Å². The zero-order valence-corrected chi connectivity index (χ0v) is 11.0. The number of ether oxygens (including phenoxy) is 1. The van der Waals surface area contributed by atoms with Crippen LogP contribution in [0.25, 0.3) is 0 Å². The van der Waals surface area contributed by atoms with Crippen LogP contribution < -0.4 is 0 Å². The molecule has 0 fully saturated rings. The minimum Gasteiger partial charge on any atom is -0.459 e. The average Bonchev–Trinajstić information content (AvgIpc) is 2.15. The Hall–Kier alpha value is -1.16. The van der Waals surface area contributed by atoms with Gasteiger partial charge in [-0.1, -0.05) is 15.9 Å². The molecule has 0 N–H and O–H groups in total. The number of hydrogen-bond donors (Lipinski definition) is 0. The van der Waals surface area contributed by atoms with Gasteiger partial charge in [-0.3, -0.25) is 4.79 Å². The number of esters is 1. The van der Waals surface area contributed by atoms with E-state index >= 15 is 0 Å². The molecule has 3 nitrogen and oxygen atoms in total. The Bertz CT molecular complexity index is 424. The van der Waals surface area contributed by atoms with Crippen molar-refractivity contribution >= 4 is 27.7 Å². The molecule has 1 rings (SSSR count). The van der Waals surface area contributed by atoms with Crippen LogP contribution in [0.2, 0.25) is 0 Å². The fraction of sp³-hybridized carbons (Fsp3) is 0.333. The predicted molar refractivity (Wildman–Crippen MR) is 64.7 cm³/mol. The Kier molecular flexibility index (Phi) is 4.24. The molecule has 0 saturated carbocycles. The monoisotopic (exact) mass is 284 g/mol. The lowest BCUT2D eigenvalue weighted by Gasteiger charge is -2.10. The molecule has 0 unspecified atom stereocenters. The highest BCUT2D eigenvalue weighted by Gasteiger charge is 2.17. The van der Waals surface area contributed by atoms with E-state index < -0.39 is 5.97 Å². The summed E-state index contributed by atoms with van der Waals surface area (Å²) < 4.78 is 5.81. The number of rotatable bonds is 3. The summed E-state index contributed by atoms with van der Waals surface area (Å²) in [6.07, 6.45) is -0.203. The summed E-state index contributed by atoms with van der Waals surface area (Å²) in [7, 11) is 0. The Labute approximate surface area is 103 Å². The van der Waals surface area contributed by atoms with Gasteiger partial charge in [0.15, 0.2) is 5.78 Å². The summed E-state index contributed by atoms with van der Waals surface area (Å²) in [5, 5.41) is 0. The van der Waals surface area contributed by atoms with E-state index in [-0.39, 0.29) is 11.9 Å². The van der Waals surface area contributed by atoms with Crippen LogP contribution in [0.5, 0.6) is 0 Å². The van der Waals surface area contributed by atoms with Crippen molar-refractivity contribution in [3.63, 3.8) is 0 Å². The van der Waals surface area contributed by atoms with Crippen LogP contribution in [0.1, 0.15) is 41.5 Å². The van der Waals surface area contributed by atoms with Gasteiger partial charge in [0.1, 0.15) is 0 Å². The summed E-state index contributed by atoms with van der Waals surface area (Å²) in [5.74, 6) is -0.621. The average molecular weight is 285 g/mol. The fourth-order valence-corrected chi connectivity index (χ4v) is 1.63. The third-order valence-electron chi connectivity index (χ3n) is 1.92. The molecule has 1 aromatic rings. The molecule has 86 valence electrons. The topological polar surface area (TPSA) is 43.4 Å². The second-order valence-electron chi connectivity index (χ2n) is 3.70. The first-order valence-corrected chi connectivity index (χ1v) is 5.72. The highest BCUT2D eigenvalue weighted by molar-refractivity contribution is 9.10. The molecule has 0 aliphatic rings. The molecular formula is C12H13BrO3. The van der Waals surface area contributed by atoms with Gasteiger partial charge in [-0.25, -0.2) is 4.79 Å². The van der Waals surface area contributed by atoms with Gasteiger partial charge in [-0.2, -0.15) is 0 Å². The fourth-order valence-electron chi connectivity index (χ4n) is 1.27. The maximum atomic E-state index is 11.7. The molecule has 0 aliphatic carbocycles. The van der Waals surface area contributed by atoms with Crippen LogP contribution in [-0.4, -0.2) is 17.9 Å². The summed E-state index contributed by atoms with van der Waals surface area (Å²) in [6.45, 7) is 4.96. The summed E-state index contributed by atoms with van der Waals surface area (Å²) >= 11 is 3.26. The van der Waals surface area contributed by atoms with E-state index in [0.29, 0.717) is 11.1 Å². The Morgan fingerprint density at radius 2 is 1.88 bits per heavy atom. The number of ketones is 1. The van der Waals surface area contributed by atoms with E-state index in [1.807, 2.05) is 0 Å². The van der Waals surface area contributed by atoms with E-state index in [1.165, 1.54) is 6.92 Å². The number of hydrogen-bond acceptors (Lipinski definition) is 3. The van der Waals surface area contributed by atoms with Crippen LogP contribution in [0.3, 0.4) is 0 Å². The Morgan fingerprint density at radius 1 is 1.25 bits per heavy atom. The molecule has 0 aromatic heterocycles. The predicted octanol–water partition coefficient (Wildman–Crippen LogP) is 3.22. The number of carbonyl (C=O) groups is 2. The van der Waals surface area contributed by atoms with E-state index in [2.05, 4.69) is 15.9 Å². The number of benzene rings is 1. The third-order valence-corrected chi connectivity index (χ3v) is 2.42. The normalized spacial score (nSPS) is 10.3. The number of Topliss-reactive ketones (excluding diaryl/α,β-unsaturated/α-hetero) is 1. The van der Waals surface area contributed by atoms with Gasteiger partial charge in [-0.15, -0.1) is 0 Å². The van der Waals surface area contributed by atoms with Crippen molar-refractivity contribution in [2.24, 2.45) is 0 Å². The third kappa shape index (κ3) is 3.17. The molecule has 0 bridgehead atoms. The smallest absolute Gasteiger partial charge is 0.339 e.